The van der Waals surface area contributed by atoms with Gasteiger partial charge in [-0.05, 0) is 24.3 Å². The van der Waals surface area contributed by atoms with Crippen LogP contribution in [0.4, 0.5) is 10.8 Å². The molecule has 0 aliphatic heterocycles. The zero-order valence-corrected chi connectivity index (χ0v) is 8.90. The average Bonchev–Trinajstić information content (AvgIpc) is 2.82. The molecule has 0 atom stereocenters. The van der Waals surface area contributed by atoms with E-state index in [9.17, 15) is 0 Å². The predicted molar refractivity (Wildman–Crippen MR) is 59.1 cm³/mol. The van der Waals surface area contributed by atoms with Crippen molar-refractivity contribution in [1.82, 2.24) is 10.2 Å². The molecule has 4 nitrogen and oxygen atoms in total. The Hall–Kier alpha value is -1.93. The molecule has 0 aliphatic rings. The van der Waals surface area contributed by atoms with Crippen LogP contribution in [0.2, 0.25) is 0 Å². The summed E-state index contributed by atoms with van der Waals surface area (Å²) >= 11 is 1.47. The molecule has 1 heterocycles. The van der Waals surface area contributed by atoms with Gasteiger partial charge >= 0.3 is 0 Å². The first-order chi connectivity index (χ1) is 7.31. The third-order valence-corrected chi connectivity index (χ3v) is 2.79. The van der Waals surface area contributed by atoms with Gasteiger partial charge in [-0.15, -0.1) is 10.2 Å². The van der Waals surface area contributed by atoms with E-state index in [0.29, 0.717) is 5.56 Å². The SMILES string of the molecule is CN(c1ccc(C#N)cc1)c1nncs1. The van der Waals surface area contributed by atoms with Gasteiger partial charge in [-0.2, -0.15) is 5.26 Å². The van der Waals surface area contributed by atoms with E-state index in [2.05, 4.69) is 16.3 Å². The maximum Gasteiger partial charge on any atom is 0.212 e. The maximum atomic E-state index is 8.67. The van der Waals surface area contributed by atoms with Gasteiger partial charge in [0.1, 0.15) is 5.51 Å². The van der Waals surface area contributed by atoms with Crippen molar-refractivity contribution < 1.29 is 0 Å². The molecule has 2 aromatic rings. The van der Waals surface area contributed by atoms with Crippen LogP contribution in [0.5, 0.6) is 0 Å². The van der Waals surface area contributed by atoms with Crippen LogP contribution in [0, 0.1) is 11.3 Å². The van der Waals surface area contributed by atoms with Gasteiger partial charge in [0.15, 0.2) is 0 Å². The number of hydrogen-bond donors (Lipinski definition) is 0. The highest BCUT2D eigenvalue weighted by atomic mass is 32.1. The molecule has 0 fully saturated rings. The second-order valence-electron chi connectivity index (χ2n) is 2.94. The van der Waals surface area contributed by atoms with E-state index >= 15 is 0 Å². The summed E-state index contributed by atoms with van der Waals surface area (Å²) in [6.45, 7) is 0. The minimum absolute atomic E-state index is 0.657. The molecule has 0 aliphatic carbocycles. The number of rotatable bonds is 2. The Labute approximate surface area is 91.4 Å². The fraction of sp³-hybridized carbons (Fsp3) is 0.100. The fourth-order valence-corrected chi connectivity index (χ4v) is 1.73. The molecule has 1 aromatic heterocycles. The second kappa shape index (κ2) is 4.07. The molecule has 0 bridgehead atoms. The fourth-order valence-electron chi connectivity index (χ4n) is 1.18. The summed E-state index contributed by atoms with van der Waals surface area (Å²) in [5.74, 6) is 0. The maximum absolute atomic E-state index is 8.67. The number of nitrogens with zero attached hydrogens (tertiary/aromatic N) is 4. The van der Waals surface area contributed by atoms with Crippen molar-refractivity contribution in [2.75, 3.05) is 11.9 Å². The summed E-state index contributed by atoms with van der Waals surface area (Å²) < 4.78 is 0. The summed E-state index contributed by atoms with van der Waals surface area (Å²) in [4.78, 5) is 1.93. The normalized spacial score (nSPS) is 9.60. The highest BCUT2D eigenvalue weighted by Crippen LogP contribution is 2.24. The third kappa shape index (κ3) is 1.95. The molecule has 0 saturated heterocycles. The van der Waals surface area contributed by atoms with E-state index in [-0.39, 0.29) is 0 Å². The van der Waals surface area contributed by atoms with Crippen molar-refractivity contribution in [3.63, 3.8) is 0 Å². The molecule has 0 amide bonds. The van der Waals surface area contributed by atoms with Gasteiger partial charge in [-0.3, -0.25) is 0 Å². The number of aromatic nitrogens is 2. The van der Waals surface area contributed by atoms with Gasteiger partial charge in [-0.25, -0.2) is 0 Å². The highest BCUT2D eigenvalue weighted by Gasteiger charge is 2.06. The molecular formula is C10H8N4S. The van der Waals surface area contributed by atoms with Gasteiger partial charge in [0.25, 0.3) is 0 Å². The summed E-state index contributed by atoms with van der Waals surface area (Å²) in [5, 5.41) is 17.2. The van der Waals surface area contributed by atoms with Crippen molar-refractivity contribution in [2.24, 2.45) is 0 Å². The number of benzene rings is 1. The standard InChI is InChI=1S/C10H8N4S/c1-14(10-13-12-7-15-10)9-4-2-8(6-11)3-5-9/h2-5,7H,1H3. The van der Waals surface area contributed by atoms with Crippen LogP contribution in [0.1, 0.15) is 5.56 Å². The molecular weight excluding hydrogens is 208 g/mol. The van der Waals surface area contributed by atoms with Crippen molar-refractivity contribution >= 4 is 22.2 Å². The molecule has 0 saturated carbocycles. The lowest BCUT2D eigenvalue weighted by Gasteiger charge is -2.14. The molecule has 1 aromatic carbocycles. The van der Waals surface area contributed by atoms with E-state index < -0.39 is 0 Å². The molecule has 0 radical (unpaired) electrons. The summed E-state index contributed by atoms with van der Waals surface area (Å²) in [7, 11) is 1.92. The van der Waals surface area contributed by atoms with Crippen LogP contribution in [0.25, 0.3) is 0 Å². The lowest BCUT2D eigenvalue weighted by atomic mass is 10.2. The van der Waals surface area contributed by atoms with Crippen molar-refractivity contribution in [1.29, 1.82) is 5.26 Å². The first-order valence-corrected chi connectivity index (χ1v) is 5.19. The minimum atomic E-state index is 0.657. The van der Waals surface area contributed by atoms with Crippen LogP contribution < -0.4 is 4.90 Å². The Morgan fingerprint density at radius 2 is 2.07 bits per heavy atom. The van der Waals surface area contributed by atoms with Crippen LogP contribution in [0.3, 0.4) is 0 Å². The van der Waals surface area contributed by atoms with Crippen LogP contribution >= 0.6 is 11.3 Å². The van der Waals surface area contributed by atoms with Gasteiger partial charge in [-0.1, -0.05) is 11.3 Å². The Morgan fingerprint density at radius 3 is 2.60 bits per heavy atom. The molecule has 74 valence electrons. The summed E-state index contributed by atoms with van der Waals surface area (Å²) in [6, 6.07) is 9.43. The number of nitriles is 1. The molecule has 5 heteroatoms. The zero-order valence-electron chi connectivity index (χ0n) is 8.08. The topological polar surface area (TPSA) is 52.8 Å². The van der Waals surface area contributed by atoms with Gasteiger partial charge in [0.2, 0.25) is 5.13 Å². The average molecular weight is 216 g/mol. The quantitative estimate of drug-likeness (QED) is 0.772. The van der Waals surface area contributed by atoms with Crippen molar-refractivity contribution in [2.45, 2.75) is 0 Å². The van der Waals surface area contributed by atoms with Gasteiger partial charge in [0, 0.05) is 12.7 Å². The van der Waals surface area contributed by atoms with Crippen molar-refractivity contribution in [3.8, 4) is 6.07 Å². The van der Waals surface area contributed by atoms with E-state index in [4.69, 9.17) is 5.26 Å². The molecule has 0 unspecified atom stereocenters. The smallest absolute Gasteiger partial charge is 0.212 e. The van der Waals surface area contributed by atoms with Crippen molar-refractivity contribution in [3.05, 3.63) is 35.3 Å². The Kier molecular flexibility index (Phi) is 2.61. The largest absolute Gasteiger partial charge is 0.319 e. The van der Waals surface area contributed by atoms with E-state index in [1.54, 1.807) is 17.6 Å². The Morgan fingerprint density at radius 1 is 1.33 bits per heavy atom. The molecule has 2 rings (SSSR count). The van der Waals surface area contributed by atoms with Crippen LogP contribution in [-0.2, 0) is 0 Å². The highest BCUT2D eigenvalue weighted by molar-refractivity contribution is 7.13. The predicted octanol–water partition coefficient (Wildman–Crippen LogP) is 2.18. The van der Waals surface area contributed by atoms with E-state index in [1.807, 2.05) is 24.1 Å². The lowest BCUT2D eigenvalue weighted by Crippen LogP contribution is -2.08. The lowest BCUT2D eigenvalue weighted by molar-refractivity contribution is 1.04. The zero-order chi connectivity index (χ0) is 10.7. The van der Waals surface area contributed by atoms with E-state index in [0.717, 1.165) is 10.8 Å². The Bertz CT molecular complexity index is 469. The van der Waals surface area contributed by atoms with Gasteiger partial charge in [0.05, 0.1) is 11.6 Å². The molecule has 15 heavy (non-hydrogen) atoms. The molecule has 0 N–H and O–H groups in total. The number of hydrogen-bond acceptors (Lipinski definition) is 5. The first-order valence-electron chi connectivity index (χ1n) is 4.31. The van der Waals surface area contributed by atoms with E-state index in [1.165, 1.54) is 11.3 Å². The Balaban J connectivity index is 2.27. The van der Waals surface area contributed by atoms with Gasteiger partial charge < -0.3 is 4.90 Å². The van der Waals surface area contributed by atoms with Crippen LogP contribution in [-0.4, -0.2) is 17.2 Å². The monoisotopic (exact) mass is 216 g/mol. The second-order valence-corrected chi connectivity index (χ2v) is 3.75. The molecule has 0 spiro atoms. The van der Waals surface area contributed by atoms with Crippen LogP contribution in [0.15, 0.2) is 29.8 Å². The third-order valence-electron chi connectivity index (χ3n) is 2.02. The summed E-state index contributed by atoms with van der Waals surface area (Å²) in [5.41, 5.74) is 3.34. The minimum Gasteiger partial charge on any atom is -0.319 e. The summed E-state index contributed by atoms with van der Waals surface area (Å²) in [6.07, 6.45) is 0. The first kappa shape index (κ1) is 9.62. The number of anilines is 2.